The van der Waals surface area contributed by atoms with Gasteiger partial charge in [-0.15, -0.1) is 0 Å². The van der Waals surface area contributed by atoms with Crippen LogP contribution in [0.5, 0.6) is 17.2 Å². The third-order valence-electron chi connectivity index (χ3n) is 6.22. The third kappa shape index (κ3) is 2.73. The van der Waals surface area contributed by atoms with Gasteiger partial charge in [-0.1, -0.05) is 24.3 Å². The molecule has 2 aromatic carbocycles. The van der Waals surface area contributed by atoms with Gasteiger partial charge in [0.05, 0.1) is 38.0 Å². The number of fused-ring (bicyclic) bond motifs is 4. The van der Waals surface area contributed by atoms with Gasteiger partial charge in [0.1, 0.15) is 5.75 Å². The summed E-state index contributed by atoms with van der Waals surface area (Å²) in [4.78, 5) is 44.5. The fourth-order valence-electron chi connectivity index (χ4n) is 4.52. The van der Waals surface area contributed by atoms with E-state index in [1.165, 1.54) is 32.9 Å². The zero-order valence-electron chi connectivity index (χ0n) is 19.3. The molecule has 0 unspecified atom stereocenters. The van der Waals surface area contributed by atoms with Crippen LogP contribution in [0, 0.1) is 0 Å². The number of ketones is 1. The Labute approximate surface area is 193 Å². The summed E-state index contributed by atoms with van der Waals surface area (Å²) in [5.41, 5.74) is 1.65. The number of carbonyl (C=O) groups excluding carboxylic acids is 1. The summed E-state index contributed by atoms with van der Waals surface area (Å²) >= 11 is 0. The lowest BCUT2D eigenvalue weighted by atomic mass is 9.94. The Kier molecular flexibility index (Phi) is 4.78. The van der Waals surface area contributed by atoms with Gasteiger partial charge in [0, 0.05) is 42.4 Å². The van der Waals surface area contributed by atoms with Gasteiger partial charge in [0.25, 0.3) is 5.56 Å². The monoisotopic (exact) mass is 459 g/mol. The molecule has 2 heterocycles. The van der Waals surface area contributed by atoms with Gasteiger partial charge in [-0.3, -0.25) is 18.7 Å². The molecule has 0 radical (unpaired) electrons. The van der Waals surface area contributed by atoms with Crippen molar-refractivity contribution >= 4 is 16.8 Å². The number of carbonyl (C=O) groups is 1. The second-order valence-electron chi connectivity index (χ2n) is 7.90. The van der Waals surface area contributed by atoms with Crippen LogP contribution in [-0.2, 0) is 14.1 Å². The molecular formula is C25H21N3O6. The van der Waals surface area contributed by atoms with Gasteiger partial charge in [-0.05, 0) is 6.07 Å². The minimum absolute atomic E-state index is 0.134. The van der Waals surface area contributed by atoms with Crippen molar-refractivity contribution in [2.45, 2.75) is 0 Å². The van der Waals surface area contributed by atoms with Gasteiger partial charge in [0.15, 0.2) is 22.9 Å². The molecule has 34 heavy (non-hydrogen) atoms. The molecule has 0 saturated carbocycles. The number of ether oxygens (including phenoxy) is 3. The molecule has 0 saturated heterocycles. The van der Waals surface area contributed by atoms with Crippen LogP contribution in [0.2, 0.25) is 0 Å². The molecule has 172 valence electrons. The van der Waals surface area contributed by atoms with Crippen LogP contribution in [0.1, 0.15) is 15.9 Å². The Balaban J connectivity index is 2.07. The maximum absolute atomic E-state index is 13.6. The van der Waals surface area contributed by atoms with Crippen molar-refractivity contribution in [1.29, 1.82) is 0 Å². The lowest BCUT2D eigenvalue weighted by Gasteiger charge is -2.18. The zero-order chi connectivity index (χ0) is 24.3. The highest BCUT2D eigenvalue weighted by molar-refractivity contribution is 6.26. The van der Waals surface area contributed by atoms with Crippen molar-refractivity contribution in [3.05, 3.63) is 68.4 Å². The second-order valence-corrected chi connectivity index (χ2v) is 7.90. The highest BCUT2D eigenvalue weighted by Gasteiger charge is 2.35. The van der Waals surface area contributed by atoms with E-state index in [-0.39, 0.29) is 22.4 Å². The predicted octanol–water partition coefficient (Wildman–Crippen LogP) is 2.54. The number of pyridine rings is 1. The van der Waals surface area contributed by atoms with Gasteiger partial charge in [-0.25, -0.2) is 9.78 Å². The van der Waals surface area contributed by atoms with Crippen molar-refractivity contribution in [3.63, 3.8) is 0 Å². The Morgan fingerprint density at radius 2 is 1.35 bits per heavy atom. The van der Waals surface area contributed by atoms with E-state index in [0.717, 1.165) is 4.57 Å². The number of aromatic nitrogens is 3. The first-order valence-electron chi connectivity index (χ1n) is 10.4. The van der Waals surface area contributed by atoms with Crippen molar-refractivity contribution in [1.82, 2.24) is 14.1 Å². The molecule has 0 bridgehead atoms. The predicted molar refractivity (Wildman–Crippen MR) is 126 cm³/mol. The molecule has 9 nitrogen and oxygen atoms in total. The first kappa shape index (κ1) is 21.4. The Hall–Kier alpha value is -4.40. The highest BCUT2D eigenvalue weighted by atomic mass is 16.5. The van der Waals surface area contributed by atoms with Crippen molar-refractivity contribution in [3.8, 4) is 39.6 Å². The van der Waals surface area contributed by atoms with Gasteiger partial charge in [-0.2, -0.15) is 0 Å². The van der Waals surface area contributed by atoms with Gasteiger partial charge < -0.3 is 14.2 Å². The average Bonchev–Trinajstić information content (AvgIpc) is 3.15. The van der Waals surface area contributed by atoms with Crippen LogP contribution in [0.4, 0.5) is 0 Å². The number of nitrogens with zero attached hydrogens (tertiary/aromatic N) is 3. The molecule has 2 aromatic heterocycles. The molecule has 5 rings (SSSR count). The molecule has 4 aromatic rings. The molecule has 0 atom stereocenters. The smallest absolute Gasteiger partial charge is 0.332 e. The van der Waals surface area contributed by atoms with Crippen LogP contribution >= 0.6 is 0 Å². The first-order valence-corrected chi connectivity index (χ1v) is 10.4. The van der Waals surface area contributed by atoms with E-state index >= 15 is 0 Å². The van der Waals surface area contributed by atoms with E-state index < -0.39 is 11.2 Å². The molecular weight excluding hydrogens is 438 g/mol. The summed E-state index contributed by atoms with van der Waals surface area (Å²) in [5, 5.41) is 0.134. The lowest BCUT2D eigenvalue weighted by molar-refractivity contribution is 0.104. The van der Waals surface area contributed by atoms with Crippen molar-refractivity contribution in [2.24, 2.45) is 14.1 Å². The number of hydrogen-bond acceptors (Lipinski definition) is 7. The lowest BCUT2D eigenvalue weighted by Crippen LogP contribution is -2.37. The summed E-state index contributed by atoms with van der Waals surface area (Å²) in [6, 6.07) is 10.4. The number of aryl methyl sites for hydroxylation is 1. The second kappa shape index (κ2) is 7.58. The summed E-state index contributed by atoms with van der Waals surface area (Å²) in [7, 11) is 7.42. The third-order valence-corrected chi connectivity index (χ3v) is 6.22. The minimum Gasteiger partial charge on any atom is -0.496 e. The summed E-state index contributed by atoms with van der Waals surface area (Å²) in [6.45, 7) is 0. The summed E-state index contributed by atoms with van der Waals surface area (Å²) < 4.78 is 18.8. The van der Waals surface area contributed by atoms with Gasteiger partial charge in [0.2, 0.25) is 0 Å². The largest absolute Gasteiger partial charge is 0.496 e. The van der Waals surface area contributed by atoms with E-state index in [0.29, 0.717) is 45.2 Å². The Bertz CT molecular complexity index is 1650. The standard InChI is InChI=1S/C25H21N3O6/c1-27-23-20(24(30)28(2)25(27)31)18(14-10-16(33-4)17(34-5)11-15(14)32-3)19-21(26-23)12-8-6-7-9-13(12)22(19)29/h6-11H,1-5H3. The van der Waals surface area contributed by atoms with Crippen LogP contribution in [0.15, 0.2) is 46.0 Å². The van der Waals surface area contributed by atoms with Crippen molar-refractivity contribution < 1.29 is 19.0 Å². The van der Waals surface area contributed by atoms with Crippen LogP contribution in [-0.4, -0.2) is 41.2 Å². The topological polar surface area (TPSA) is 102 Å². The molecule has 9 heteroatoms. The molecule has 0 aliphatic heterocycles. The normalized spacial score (nSPS) is 12.0. The molecule has 0 N–H and O–H groups in total. The molecule has 0 fully saturated rings. The summed E-state index contributed by atoms with van der Waals surface area (Å²) in [6.07, 6.45) is 0. The molecule has 1 aliphatic rings. The number of benzene rings is 2. The van der Waals surface area contributed by atoms with E-state index in [1.54, 1.807) is 37.4 Å². The quantitative estimate of drug-likeness (QED) is 0.407. The highest BCUT2D eigenvalue weighted by Crippen LogP contribution is 2.47. The van der Waals surface area contributed by atoms with E-state index in [4.69, 9.17) is 14.2 Å². The first-order chi connectivity index (χ1) is 16.3. The number of rotatable bonds is 4. The maximum Gasteiger partial charge on any atom is 0.332 e. The maximum atomic E-state index is 13.6. The molecule has 0 amide bonds. The number of methoxy groups -OCH3 is 3. The fraction of sp³-hybridized carbons (Fsp3) is 0.200. The Morgan fingerprint density at radius 1 is 0.735 bits per heavy atom. The summed E-state index contributed by atoms with van der Waals surface area (Å²) in [5.74, 6) is 0.921. The van der Waals surface area contributed by atoms with E-state index in [2.05, 4.69) is 4.98 Å². The van der Waals surface area contributed by atoms with Crippen LogP contribution < -0.4 is 25.5 Å². The molecule has 0 spiro atoms. The fourth-order valence-corrected chi connectivity index (χ4v) is 4.52. The van der Waals surface area contributed by atoms with Crippen molar-refractivity contribution in [2.75, 3.05) is 21.3 Å². The minimum atomic E-state index is -0.566. The Morgan fingerprint density at radius 3 is 2.00 bits per heavy atom. The van der Waals surface area contributed by atoms with E-state index in [9.17, 15) is 14.4 Å². The van der Waals surface area contributed by atoms with Crippen LogP contribution in [0.3, 0.4) is 0 Å². The average molecular weight is 459 g/mol. The zero-order valence-corrected chi connectivity index (χ0v) is 19.3. The molecule has 1 aliphatic carbocycles. The SMILES string of the molecule is COc1cc(OC)c(-c2c3c(nc4c2c(=O)n(C)c(=O)n4C)-c2ccccc2C3=O)cc1OC. The van der Waals surface area contributed by atoms with E-state index in [1.807, 2.05) is 6.07 Å². The van der Waals surface area contributed by atoms with Crippen LogP contribution in [0.25, 0.3) is 33.4 Å². The van der Waals surface area contributed by atoms with Gasteiger partial charge >= 0.3 is 5.69 Å². The number of hydrogen-bond donors (Lipinski definition) is 0.